The zero-order chi connectivity index (χ0) is 14.1. The van der Waals surface area contributed by atoms with Crippen LogP contribution in [0.25, 0.3) is 0 Å². The Hall–Kier alpha value is -1.08. The van der Waals surface area contributed by atoms with E-state index in [0.29, 0.717) is 19.4 Å². The Balaban J connectivity index is 2.23. The molecule has 0 amide bonds. The Morgan fingerprint density at radius 3 is 2.63 bits per heavy atom. The Morgan fingerprint density at radius 2 is 2.05 bits per heavy atom. The first kappa shape index (κ1) is 16.0. The molecular formula is C15H26N2O2. The average molecular weight is 266 g/mol. The van der Waals surface area contributed by atoms with Crippen LogP contribution < -0.4 is 0 Å². The van der Waals surface area contributed by atoms with Gasteiger partial charge in [0.05, 0.1) is 18.1 Å². The fourth-order valence-electron chi connectivity index (χ4n) is 2.42. The molecule has 1 rings (SSSR count). The number of esters is 1. The van der Waals surface area contributed by atoms with Crippen molar-refractivity contribution in [2.24, 2.45) is 5.41 Å². The molecule has 1 aliphatic heterocycles. The van der Waals surface area contributed by atoms with Crippen molar-refractivity contribution in [2.75, 3.05) is 26.7 Å². The number of carbonyl (C=O) groups excluding carboxylic acids is 1. The lowest BCUT2D eigenvalue weighted by molar-refractivity contribution is -0.144. The maximum absolute atomic E-state index is 11.5. The van der Waals surface area contributed by atoms with Crippen molar-refractivity contribution in [3.8, 4) is 6.07 Å². The van der Waals surface area contributed by atoms with Gasteiger partial charge in [-0.25, -0.2) is 0 Å². The lowest BCUT2D eigenvalue weighted by Gasteiger charge is -2.35. The highest BCUT2D eigenvalue weighted by Crippen LogP contribution is 2.33. The van der Waals surface area contributed by atoms with Gasteiger partial charge >= 0.3 is 5.97 Å². The molecule has 0 atom stereocenters. The van der Waals surface area contributed by atoms with Gasteiger partial charge in [-0.15, -0.1) is 0 Å². The number of hydrogen-bond acceptors (Lipinski definition) is 4. The number of likely N-dealkylation sites (tertiary alicyclic amines) is 1. The van der Waals surface area contributed by atoms with Crippen LogP contribution in [0.5, 0.6) is 0 Å². The predicted octanol–water partition coefficient (Wildman–Crippen LogP) is 2.74. The molecule has 1 aliphatic rings. The van der Waals surface area contributed by atoms with E-state index in [-0.39, 0.29) is 11.4 Å². The van der Waals surface area contributed by atoms with Gasteiger partial charge in [-0.2, -0.15) is 5.26 Å². The summed E-state index contributed by atoms with van der Waals surface area (Å²) >= 11 is 0. The first-order valence-electron chi connectivity index (χ1n) is 7.37. The van der Waals surface area contributed by atoms with Crippen molar-refractivity contribution < 1.29 is 9.53 Å². The summed E-state index contributed by atoms with van der Waals surface area (Å²) in [6.07, 6.45) is 6.04. The number of carbonyl (C=O) groups is 1. The standard InChI is InChI=1S/C15H26N2O2/c1-3-4-5-6-14(18)19-12-9-15(13-16)7-10-17(2)11-8-15/h3-12H2,1-2H3. The molecule has 19 heavy (non-hydrogen) atoms. The molecule has 4 nitrogen and oxygen atoms in total. The molecule has 0 aliphatic carbocycles. The molecule has 0 N–H and O–H groups in total. The summed E-state index contributed by atoms with van der Waals surface area (Å²) in [5.74, 6) is -0.116. The number of rotatable bonds is 7. The van der Waals surface area contributed by atoms with E-state index < -0.39 is 0 Å². The monoisotopic (exact) mass is 266 g/mol. The number of nitriles is 1. The van der Waals surface area contributed by atoms with Crippen molar-refractivity contribution in [1.29, 1.82) is 5.26 Å². The molecule has 4 heteroatoms. The van der Waals surface area contributed by atoms with Crippen LogP contribution in [0, 0.1) is 16.7 Å². The molecule has 0 aromatic heterocycles. The molecule has 1 saturated heterocycles. The minimum Gasteiger partial charge on any atom is -0.466 e. The fourth-order valence-corrected chi connectivity index (χ4v) is 2.42. The molecule has 0 spiro atoms. The fraction of sp³-hybridized carbons (Fsp3) is 0.867. The van der Waals surface area contributed by atoms with Gasteiger partial charge in [0.25, 0.3) is 0 Å². The molecule has 0 aromatic rings. The van der Waals surface area contributed by atoms with Gasteiger partial charge < -0.3 is 9.64 Å². The van der Waals surface area contributed by atoms with Gasteiger partial charge in [0, 0.05) is 12.8 Å². The lowest BCUT2D eigenvalue weighted by Crippen LogP contribution is -2.37. The van der Waals surface area contributed by atoms with Crippen molar-refractivity contribution in [2.45, 2.75) is 51.9 Å². The molecule has 1 heterocycles. The highest BCUT2D eigenvalue weighted by Gasteiger charge is 2.33. The Bertz CT molecular complexity index is 315. The zero-order valence-electron chi connectivity index (χ0n) is 12.3. The lowest BCUT2D eigenvalue weighted by atomic mass is 9.77. The second-order valence-electron chi connectivity index (χ2n) is 5.62. The van der Waals surface area contributed by atoms with E-state index in [1.807, 2.05) is 0 Å². The van der Waals surface area contributed by atoms with Crippen molar-refractivity contribution in [3.05, 3.63) is 0 Å². The van der Waals surface area contributed by atoms with Gasteiger partial charge in [0.2, 0.25) is 0 Å². The van der Waals surface area contributed by atoms with E-state index in [4.69, 9.17) is 4.74 Å². The van der Waals surface area contributed by atoms with Crippen LogP contribution in [-0.4, -0.2) is 37.6 Å². The van der Waals surface area contributed by atoms with Crippen LogP contribution in [0.4, 0.5) is 0 Å². The quantitative estimate of drug-likeness (QED) is 0.525. The maximum atomic E-state index is 11.5. The highest BCUT2D eigenvalue weighted by atomic mass is 16.5. The Kier molecular flexibility index (Phi) is 6.86. The normalized spacial score (nSPS) is 18.8. The predicted molar refractivity (Wildman–Crippen MR) is 74.5 cm³/mol. The third kappa shape index (κ3) is 5.61. The van der Waals surface area contributed by atoms with E-state index in [1.54, 1.807) is 0 Å². The summed E-state index contributed by atoms with van der Waals surface area (Å²) in [5, 5.41) is 9.36. The number of ether oxygens (including phenoxy) is 1. The first-order valence-corrected chi connectivity index (χ1v) is 7.37. The SMILES string of the molecule is CCCCCC(=O)OCCC1(C#N)CCN(C)CC1. The molecule has 0 radical (unpaired) electrons. The average Bonchev–Trinajstić information content (AvgIpc) is 2.42. The maximum Gasteiger partial charge on any atom is 0.305 e. The van der Waals surface area contributed by atoms with Gasteiger partial charge in [0.15, 0.2) is 0 Å². The van der Waals surface area contributed by atoms with Crippen LogP contribution in [0.2, 0.25) is 0 Å². The minimum absolute atomic E-state index is 0.116. The summed E-state index contributed by atoms with van der Waals surface area (Å²) in [7, 11) is 2.08. The van der Waals surface area contributed by atoms with E-state index in [2.05, 4.69) is 24.9 Å². The van der Waals surface area contributed by atoms with Crippen LogP contribution in [0.3, 0.4) is 0 Å². The Morgan fingerprint density at radius 1 is 1.37 bits per heavy atom. The molecule has 108 valence electrons. The summed E-state index contributed by atoms with van der Waals surface area (Å²) in [6, 6.07) is 2.45. The second-order valence-corrected chi connectivity index (χ2v) is 5.62. The summed E-state index contributed by atoms with van der Waals surface area (Å²) < 4.78 is 5.24. The van der Waals surface area contributed by atoms with Crippen LogP contribution >= 0.6 is 0 Å². The smallest absolute Gasteiger partial charge is 0.305 e. The largest absolute Gasteiger partial charge is 0.466 e. The minimum atomic E-state index is -0.282. The first-order chi connectivity index (χ1) is 9.12. The number of hydrogen-bond donors (Lipinski definition) is 0. The number of unbranched alkanes of at least 4 members (excludes halogenated alkanes) is 2. The summed E-state index contributed by atoms with van der Waals surface area (Å²) in [5.41, 5.74) is -0.282. The molecular weight excluding hydrogens is 240 g/mol. The van der Waals surface area contributed by atoms with Crippen LogP contribution in [-0.2, 0) is 9.53 Å². The molecule has 0 bridgehead atoms. The van der Waals surface area contributed by atoms with Gasteiger partial charge in [0.1, 0.15) is 0 Å². The highest BCUT2D eigenvalue weighted by molar-refractivity contribution is 5.69. The summed E-state index contributed by atoms with van der Waals surface area (Å²) in [4.78, 5) is 13.7. The van der Waals surface area contributed by atoms with E-state index in [0.717, 1.165) is 45.2 Å². The molecule has 0 saturated carbocycles. The number of nitrogens with zero attached hydrogens (tertiary/aromatic N) is 2. The molecule has 1 fully saturated rings. The van der Waals surface area contributed by atoms with Gasteiger partial charge in [-0.05, 0) is 39.4 Å². The Labute approximate surface area is 116 Å². The zero-order valence-corrected chi connectivity index (χ0v) is 12.3. The third-order valence-corrected chi connectivity index (χ3v) is 4.01. The topological polar surface area (TPSA) is 53.3 Å². The van der Waals surface area contributed by atoms with Crippen molar-refractivity contribution in [1.82, 2.24) is 4.90 Å². The third-order valence-electron chi connectivity index (χ3n) is 4.01. The van der Waals surface area contributed by atoms with Gasteiger partial charge in [-0.1, -0.05) is 19.8 Å². The van der Waals surface area contributed by atoms with E-state index >= 15 is 0 Å². The molecule has 0 aromatic carbocycles. The number of piperidine rings is 1. The second kappa shape index (κ2) is 8.16. The molecule has 0 unspecified atom stereocenters. The van der Waals surface area contributed by atoms with E-state index in [9.17, 15) is 10.1 Å². The van der Waals surface area contributed by atoms with Crippen LogP contribution in [0.1, 0.15) is 51.9 Å². The van der Waals surface area contributed by atoms with E-state index in [1.165, 1.54) is 0 Å². The summed E-state index contributed by atoms with van der Waals surface area (Å²) in [6.45, 7) is 4.42. The van der Waals surface area contributed by atoms with Gasteiger partial charge in [-0.3, -0.25) is 4.79 Å². The van der Waals surface area contributed by atoms with Crippen molar-refractivity contribution >= 4 is 5.97 Å². The van der Waals surface area contributed by atoms with Crippen LogP contribution in [0.15, 0.2) is 0 Å². The van der Waals surface area contributed by atoms with Crippen molar-refractivity contribution in [3.63, 3.8) is 0 Å².